The average Bonchev–Trinajstić information content (AvgIpc) is 3.04. The van der Waals surface area contributed by atoms with E-state index in [-0.39, 0.29) is 43.4 Å². The summed E-state index contributed by atoms with van der Waals surface area (Å²) in [5.41, 5.74) is 0.888. The normalized spacial score (nSPS) is 18.7. The van der Waals surface area contributed by atoms with Gasteiger partial charge < -0.3 is 10.2 Å². The van der Waals surface area contributed by atoms with Gasteiger partial charge in [0.2, 0.25) is 0 Å². The Kier molecular flexibility index (Phi) is 7.43. The summed E-state index contributed by atoms with van der Waals surface area (Å²) in [6, 6.07) is 9.67. The van der Waals surface area contributed by atoms with Gasteiger partial charge in [-0.25, -0.2) is 4.90 Å². The van der Waals surface area contributed by atoms with E-state index in [9.17, 15) is 14.4 Å². The zero-order valence-corrected chi connectivity index (χ0v) is 21.2. The summed E-state index contributed by atoms with van der Waals surface area (Å²) in [7, 11) is 0. The number of hydrogen-bond donors (Lipinski definition) is 1. The molecular formula is C24H21Cl4N3O3. The molecule has 0 bridgehead atoms. The smallest absolute Gasteiger partial charge is 0.283 e. The Hall–Kier alpha value is -2.25. The van der Waals surface area contributed by atoms with Crippen LogP contribution in [0.2, 0.25) is 15.1 Å². The highest BCUT2D eigenvalue weighted by molar-refractivity contribution is 6.54. The van der Waals surface area contributed by atoms with Gasteiger partial charge in [0.1, 0.15) is 10.7 Å². The number of likely N-dealkylation sites (tertiary alicyclic amines) is 1. The molecule has 1 saturated heterocycles. The van der Waals surface area contributed by atoms with Crippen LogP contribution in [-0.2, 0) is 9.59 Å². The maximum absolute atomic E-state index is 13.2. The van der Waals surface area contributed by atoms with E-state index in [0.717, 1.165) is 37.1 Å². The molecule has 2 aromatic carbocycles. The van der Waals surface area contributed by atoms with Crippen LogP contribution >= 0.6 is 46.4 Å². The topological polar surface area (TPSA) is 69.7 Å². The second kappa shape index (κ2) is 10.2. The Bertz CT molecular complexity index is 1210. The number of rotatable bonds is 5. The summed E-state index contributed by atoms with van der Waals surface area (Å²) in [4.78, 5) is 41.8. The molecule has 3 amide bonds. The molecule has 0 saturated carbocycles. The second-order valence-corrected chi connectivity index (χ2v) is 9.71. The van der Waals surface area contributed by atoms with Gasteiger partial charge in [-0.2, -0.15) is 0 Å². The minimum absolute atomic E-state index is 0.0617. The van der Waals surface area contributed by atoms with Crippen molar-refractivity contribution in [2.24, 2.45) is 0 Å². The van der Waals surface area contributed by atoms with Crippen LogP contribution in [0.3, 0.4) is 0 Å². The van der Waals surface area contributed by atoms with Crippen LogP contribution in [0.25, 0.3) is 0 Å². The van der Waals surface area contributed by atoms with Crippen molar-refractivity contribution in [1.82, 2.24) is 4.90 Å². The largest absolute Gasteiger partial charge is 0.350 e. The Morgan fingerprint density at radius 2 is 1.74 bits per heavy atom. The van der Waals surface area contributed by atoms with Crippen molar-refractivity contribution in [3.05, 3.63) is 67.8 Å². The fourth-order valence-corrected chi connectivity index (χ4v) is 5.08. The van der Waals surface area contributed by atoms with E-state index in [1.165, 1.54) is 12.1 Å². The van der Waals surface area contributed by atoms with Crippen molar-refractivity contribution in [3.8, 4) is 0 Å². The maximum Gasteiger partial charge on any atom is 0.283 e. The molecule has 0 radical (unpaired) electrons. The van der Waals surface area contributed by atoms with Crippen molar-refractivity contribution >= 4 is 75.5 Å². The van der Waals surface area contributed by atoms with Crippen LogP contribution in [-0.4, -0.2) is 35.2 Å². The molecule has 178 valence electrons. The SMILES string of the molecule is CCC1CCCCN1C(=O)c1cccc(NC2=C(Cl)C(=O)N(c3cc(Cl)c(Cl)cc3Cl)C2=O)c1. The molecule has 0 aromatic heterocycles. The molecule has 0 aliphatic carbocycles. The van der Waals surface area contributed by atoms with E-state index in [0.29, 0.717) is 11.3 Å². The van der Waals surface area contributed by atoms with Crippen LogP contribution in [0.1, 0.15) is 43.0 Å². The number of halogens is 4. The summed E-state index contributed by atoms with van der Waals surface area (Å²) < 4.78 is 0. The average molecular weight is 541 g/mol. The Labute approximate surface area is 217 Å². The molecule has 0 spiro atoms. The van der Waals surface area contributed by atoms with Crippen molar-refractivity contribution in [1.29, 1.82) is 0 Å². The van der Waals surface area contributed by atoms with Gasteiger partial charge in [-0.15, -0.1) is 0 Å². The first-order valence-electron chi connectivity index (χ1n) is 10.8. The van der Waals surface area contributed by atoms with E-state index in [1.807, 2.05) is 4.90 Å². The molecule has 2 heterocycles. The number of benzene rings is 2. The third-order valence-electron chi connectivity index (χ3n) is 6.00. The zero-order valence-electron chi connectivity index (χ0n) is 18.2. The van der Waals surface area contributed by atoms with E-state index in [2.05, 4.69) is 12.2 Å². The van der Waals surface area contributed by atoms with Crippen molar-refractivity contribution < 1.29 is 14.4 Å². The zero-order chi connectivity index (χ0) is 24.6. The third kappa shape index (κ3) is 4.65. The first-order chi connectivity index (χ1) is 16.2. The lowest BCUT2D eigenvalue weighted by Crippen LogP contribution is -2.43. The van der Waals surface area contributed by atoms with Gasteiger partial charge in [0.05, 0.1) is 20.8 Å². The number of anilines is 2. The number of carbonyl (C=O) groups excluding carboxylic acids is 3. The van der Waals surface area contributed by atoms with Gasteiger partial charge in [0.25, 0.3) is 17.7 Å². The third-order valence-corrected chi connectivity index (χ3v) is 7.37. The molecular weight excluding hydrogens is 520 g/mol. The maximum atomic E-state index is 13.2. The van der Waals surface area contributed by atoms with Crippen molar-refractivity contribution in [2.45, 2.75) is 38.6 Å². The molecule has 10 heteroatoms. The predicted molar refractivity (Wildman–Crippen MR) is 136 cm³/mol. The molecule has 34 heavy (non-hydrogen) atoms. The first kappa shape index (κ1) is 24.9. The van der Waals surface area contributed by atoms with Crippen LogP contribution in [0, 0.1) is 0 Å². The number of hydrogen-bond acceptors (Lipinski definition) is 4. The van der Waals surface area contributed by atoms with Gasteiger partial charge >= 0.3 is 0 Å². The van der Waals surface area contributed by atoms with Crippen molar-refractivity contribution in [3.63, 3.8) is 0 Å². The van der Waals surface area contributed by atoms with Gasteiger partial charge in [-0.1, -0.05) is 59.4 Å². The van der Waals surface area contributed by atoms with E-state index >= 15 is 0 Å². The molecule has 2 aliphatic heterocycles. The summed E-state index contributed by atoms with van der Waals surface area (Å²) in [6.45, 7) is 2.80. The summed E-state index contributed by atoms with van der Waals surface area (Å²) in [6.07, 6.45) is 3.99. The minimum atomic E-state index is -0.749. The van der Waals surface area contributed by atoms with E-state index in [1.54, 1.807) is 24.3 Å². The lowest BCUT2D eigenvalue weighted by molar-refractivity contribution is -0.120. The highest BCUT2D eigenvalue weighted by Crippen LogP contribution is 2.38. The second-order valence-electron chi connectivity index (χ2n) is 8.11. The Morgan fingerprint density at radius 1 is 1.00 bits per heavy atom. The first-order valence-corrected chi connectivity index (χ1v) is 12.3. The summed E-state index contributed by atoms with van der Waals surface area (Å²) >= 11 is 24.5. The number of piperidine rings is 1. The molecule has 1 unspecified atom stereocenters. The molecule has 1 atom stereocenters. The highest BCUT2D eigenvalue weighted by Gasteiger charge is 2.40. The number of carbonyl (C=O) groups is 3. The fourth-order valence-electron chi connectivity index (χ4n) is 4.25. The standard InChI is InChI=1S/C24H21Cl4N3O3/c1-2-15-8-3-4-9-30(15)22(32)13-6-5-7-14(10-13)29-21-20(28)23(33)31(24(21)34)19-12-17(26)16(25)11-18(19)27/h5-7,10-12,15,29H,2-4,8-9H2,1H3. The van der Waals surface area contributed by atoms with E-state index < -0.39 is 11.8 Å². The monoisotopic (exact) mass is 539 g/mol. The minimum Gasteiger partial charge on any atom is -0.350 e. The van der Waals surface area contributed by atoms with E-state index in [4.69, 9.17) is 46.4 Å². The lowest BCUT2D eigenvalue weighted by atomic mass is 9.99. The molecule has 2 aromatic rings. The number of amides is 3. The predicted octanol–water partition coefficient (Wildman–Crippen LogP) is 6.49. The van der Waals surface area contributed by atoms with Gasteiger partial charge in [0.15, 0.2) is 0 Å². The molecule has 1 N–H and O–H groups in total. The Morgan fingerprint density at radius 3 is 2.47 bits per heavy atom. The van der Waals surface area contributed by atoms with Gasteiger partial charge in [0, 0.05) is 23.8 Å². The summed E-state index contributed by atoms with van der Waals surface area (Å²) in [5, 5.41) is 2.99. The van der Waals surface area contributed by atoms with Crippen LogP contribution in [0.5, 0.6) is 0 Å². The number of nitrogens with one attached hydrogen (secondary N) is 1. The van der Waals surface area contributed by atoms with Crippen molar-refractivity contribution in [2.75, 3.05) is 16.8 Å². The fraction of sp³-hybridized carbons (Fsp3) is 0.292. The highest BCUT2D eigenvalue weighted by atomic mass is 35.5. The lowest BCUT2D eigenvalue weighted by Gasteiger charge is -2.35. The molecule has 2 aliphatic rings. The molecule has 6 nitrogen and oxygen atoms in total. The quantitative estimate of drug-likeness (QED) is 0.347. The molecule has 4 rings (SSSR count). The van der Waals surface area contributed by atoms with Crippen LogP contribution in [0.15, 0.2) is 47.1 Å². The number of imide groups is 1. The Balaban J connectivity index is 1.58. The van der Waals surface area contributed by atoms with Crippen LogP contribution in [0.4, 0.5) is 11.4 Å². The van der Waals surface area contributed by atoms with Gasteiger partial charge in [-0.3, -0.25) is 14.4 Å². The summed E-state index contributed by atoms with van der Waals surface area (Å²) in [5.74, 6) is -1.51. The number of nitrogens with zero attached hydrogens (tertiary/aromatic N) is 2. The van der Waals surface area contributed by atoms with Gasteiger partial charge in [-0.05, 0) is 56.0 Å². The molecule has 1 fully saturated rings. The van der Waals surface area contributed by atoms with Crippen LogP contribution < -0.4 is 10.2 Å².